The van der Waals surface area contributed by atoms with Gasteiger partial charge in [-0.1, -0.05) is 6.07 Å². The molecule has 2 rings (SSSR count). The van der Waals surface area contributed by atoms with E-state index >= 15 is 0 Å². The molecule has 9 nitrogen and oxygen atoms in total. The molecule has 0 radical (unpaired) electrons. The Labute approximate surface area is 191 Å². The number of nitrogens with one attached hydrogen (secondary N) is 1. The minimum Gasteiger partial charge on any atom is -0.504 e. The standard InChI is InChI=1S/C22H24N2O7S/c1-28-18-8-5-15(11-17(18)25)21(19(29-2)9-10-30-20(26)13-32)31-22(27)24-16-6-3-14(12-23)4-7-16/h3-8,11,19,21,25,32H,9-10,13H2,1-2H3,(H,24,27)/t19-,21-/m1/s1. The molecular formula is C22H24N2O7S. The van der Waals surface area contributed by atoms with E-state index in [1.165, 1.54) is 26.4 Å². The van der Waals surface area contributed by atoms with Crippen LogP contribution in [0.15, 0.2) is 42.5 Å². The quantitative estimate of drug-likeness (QED) is 0.363. The van der Waals surface area contributed by atoms with Crippen LogP contribution in [0.5, 0.6) is 11.5 Å². The first-order valence-electron chi connectivity index (χ1n) is 9.55. The Morgan fingerprint density at radius 2 is 1.91 bits per heavy atom. The first kappa shape index (κ1) is 24.8. The minimum absolute atomic E-state index is 0.0249. The van der Waals surface area contributed by atoms with Crippen LogP contribution in [0.1, 0.15) is 23.7 Å². The predicted octanol–water partition coefficient (Wildman–Crippen LogP) is 3.44. The number of hydrogen-bond donors (Lipinski definition) is 3. The molecule has 10 heteroatoms. The van der Waals surface area contributed by atoms with Gasteiger partial charge in [0.15, 0.2) is 17.6 Å². The van der Waals surface area contributed by atoms with E-state index < -0.39 is 24.3 Å². The molecule has 0 unspecified atom stereocenters. The smallest absolute Gasteiger partial charge is 0.412 e. The van der Waals surface area contributed by atoms with Crippen molar-refractivity contribution in [2.75, 3.05) is 31.9 Å². The molecule has 2 N–H and O–H groups in total. The highest BCUT2D eigenvalue weighted by molar-refractivity contribution is 7.81. The average molecular weight is 461 g/mol. The lowest BCUT2D eigenvalue weighted by atomic mass is 10.0. The Kier molecular flexibility index (Phi) is 9.66. The SMILES string of the molecule is COc1ccc([C@@H](OC(=O)Nc2ccc(C#N)cc2)[C@@H](CCOC(=O)CS)OC)cc1O. The number of nitrogens with zero attached hydrogens (tertiary/aromatic N) is 1. The molecule has 2 aromatic carbocycles. The summed E-state index contributed by atoms with van der Waals surface area (Å²) < 4.78 is 21.2. The molecule has 0 saturated heterocycles. The lowest BCUT2D eigenvalue weighted by molar-refractivity contribution is -0.141. The topological polar surface area (TPSA) is 127 Å². The molecule has 0 heterocycles. The maximum Gasteiger partial charge on any atom is 0.412 e. The first-order chi connectivity index (χ1) is 15.4. The van der Waals surface area contributed by atoms with Gasteiger partial charge < -0.3 is 24.1 Å². The Balaban J connectivity index is 2.21. The molecule has 2 atom stereocenters. The van der Waals surface area contributed by atoms with Gasteiger partial charge in [0.1, 0.15) is 6.10 Å². The number of rotatable bonds is 10. The second kappa shape index (κ2) is 12.4. The highest BCUT2D eigenvalue weighted by Crippen LogP contribution is 2.33. The number of ether oxygens (including phenoxy) is 4. The van der Waals surface area contributed by atoms with Gasteiger partial charge >= 0.3 is 12.1 Å². The predicted molar refractivity (Wildman–Crippen MR) is 119 cm³/mol. The van der Waals surface area contributed by atoms with E-state index in [9.17, 15) is 14.7 Å². The number of carbonyl (C=O) groups excluding carboxylic acids is 2. The second-order valence-corrected chi connectivity index (χ2v) is 6.83. The van der Waals surface area contributed by atoms with Crippen molar-refractivity contribution in [1.82, 2.24) is 0 Å². The first-order valence-corrected chi connectivity index (χ1v) is 10.2. The zero-order chi connectivity index (χ0) is 23.5. The van der Waals surface area contributed by atoms with Gasteiger partial charge in [0.25, 0.3) is 0 Å². The summed E-state index contributed by atoms with van der Waals surface area (Å²) in [7, 11) is 2.85. The Bertz CT molecular complexity index is 960. The number of amides is 1. The molecule has 0 aliphatic heterocycles. The lowest BCUT2D eigenvalue weighted by Gasteiger charge is -2.26. The Morgan fingerprint density at radius 3 is 2.47 bits per heavy atom. The van der Waals surface area contributed by atoms with Gasteiger partial charge in [-0.3, -0.25) is 10.1 Å². The second-order valence-electron chi connectivity index (χ2n) is 6.51. The van der Waals surface area contributed by atoms with Gasteiger partial charge in [-0.15, -0.1) is 0 Å². The molecule has 0 aliphatic carbocycles. The summed E-state index contributed by atoms with van der Waals surface area (Å²) in [5, 5.41) is 21.6. The normalized spacial score (nSPS) is 12.2. The Morgan fingerprint density at radius 1 is 1.19 bits per heavy atom. The fourth-order valence-corrected chi connectivity index (χ4v) is 2.95. The van der Waals surface area contributed by atoms with E-state index in [2.05, 4.69) is 17.9 Å². The van der Waals surface area contributed by atoms with Gasteiger partial charge in [0.05, 0.1) is 31.1 Å². The number of hydrogen-bond acceptors (Lipinski definition) is 9. The molecule has 0 spiro atoms. The van der Waals surface area contributed by atoms with Crippen molar-refractivity contribution in [3.63, 3.8) is 0 Å². The van der Waals surface area contributed by atoms with Crippen molar-refractivity contribution < 1.29 is 33.6 Å². The Hall–Kier alpha value is -3.42. The summed E-state index contributed by atoms with van der Waals surface area (Å²) in [6.45, 7) is 0.0249. The number of benzene rings is 2. The summed E-state index contributed by atoms with van der Waals surface area (Å²) in [6, 6.07) is 12.8. The molecule has 0 aliphatic rings. The number of esters is 1. The van der Waals surface area contributed by atoms with Crippen molar-refractivity contribution >= 4 is 30.4 Å². The van der Waals surface area contributed by atoms with Gasteiger partial charge in [-0.05, 0) is 42.0 Å². The van der Waals surface area contributed by atoms with Gasteiger partial charge in [0, 0.05) is 19.2 Å². The monoisotopic (exact) mass is 460 g/mol. The van der Waals surface area contributed by atoms with Gasteiger partial charge in [-0.25, -0.2) is 4.79 Å². The van der Waals surface area contributed by atoms with E-state index in [4.69, 9.17) is 24.2 Å². The summed E-state index contributed by atoms with van der Waals surface area (Å²) in [5.74, 6) is -0.424. The number of phenols is 1. The molecule has 0 bridgehead atoms. The molecule has 0 aromatic heterocycles. The van der Waals surface area contributed by atoms with E-state index in [0.29, 0.717) is 16.8 Å². The highest BCUT2D eigenvalue weighted by Gasteiger charge is 2.28. The number of aromatic hydroxyl groups is 1. The van der Waals surface area contributed by atoms with Crippen LogP contribution in [0.2, 0.25) is 0 Å². The van der Waals surface area contributed by atoms with E-state index in [1.807, 2.05) is 6.07 Å². The fraction of sp³-hybridized carbons (Fsp3) is 0.318. The third kappa shape index (κ3) is 7.08. The zero-order valence-electron chi connectivity index (χ0n) is 17.6. The number of anilines is 1. The van der Waals surface area contributed by atoms with Gasteiger partial charge in [0.2, 0.25) is 0 Å². The van der Waals surface area contributed by atoms with Crippen LogP contribution in [0.25, 0.3) is 0 Å². The maximum absolute atomic E-state index is 12.6. The molecule has 1 amide bonds. The van der Waals surface area contributed by atoms with Crippen molar-refractivity contribution in [3.05, 3.63) is 53.6 Å². The zero-order valence-corrected chi connectivity index (χ0v) is 18.5. The van der Waals surface area contributed by atoms with Crippen LogP contribution in [0.3, 0.4) is 0 Å². The van der Waals surface area contributed by atoms with Crippen LogP contribution in [-0.2, 0) is 19.0 Å². The molecule has 170 valence electrons. The molecule has 32 heavy (non-hydrogen) atoms. The maximum atomic E-state index is 12.6. The van der Waals surface area contributed by atoms with Crippen LogP contribution >= 0.6 is 12.6 Å². The van der Waals surface area contributed by atoms with E-state index in [0.717, 1.165) is 0 Å². The van der Waals surface area contributed by atoms with Crippen LogP contribution in [0.4, 0.5) is 10.5 Å². The van der Waals surface area contributed by atoms with Crippen molar-refractivity contribution in [1.29, 1.82) is 5.26 Å². The largest absolute Gasteiger partial charge is 0.504 e. The molecule has 0 fully saturated rings. The number of phenolic OH excluding ortho intramolecular Hbond substituents is 1. The third-order valence-electron chi connectivity index (χ3n) is 4.46. The summed E-state index contributed by atoms with van der Waals surface area (Å²) in [5.41, 5.74) is 1.33. The van der Waals surface area contributed by atoms with Gasteiger partial charge in [-0.2, -0.15) is 17.9 Å². The van der Waals surface area contributed by atoms with Crippen LogP contribution in [-0.4, -0.2) is 49.9 Å². The van der Waals surface area contributed by atoms with Crippen molar-refractivity contribution in [2.24, 2.45) is 0 Å². The molecular weight excluding hydrogens is 436 g/mol. The summed E-state index contributed by atoms with van der Waals surface area (Å²) in [4.78, 5) is 23.9. The van der Waals surface area contributed by atoms with E-state index in [1.54, 1.807) is 30.3 Å². The average Bonchev–Trinajstić information content (AvgIpc) is 2.81. The third-order valence-corrected chi connectivity index (χ3v) is 4.72. The molecule has 0 saturated carbocycles. The number of carbonyl (C=O) groups is 2. The van der Waals surface area contributed by atoms with Crippen LogP contribution < -0.4 is 10.1 Å². The summed E-state index contributed by atoms with van der Waals surface area (Å²) in [6.07, 6.45) is -2.19. The summed E-state index contributed by atoms with van der Waals surface area (Å²) >= 11 is 3.86. The van der Waals surface area contributed by atoms with Crippen LogP contribution in [0, 0.1) is 11.3 Å². The number of nitriles is 1. The lowest BCUT2D eigenvalue weighted by Crippen LogP contribution is -2.29. The fourth-order valence-electron chi connectivity index (χ4n) is 2.86. The number of thiol groups is 1. The van der Waals surface area contributed by atoms with E-state index in [-0.39, 0.29) is 30.3 Å². The number of methoxy groups -OCH3 is 2. The van der Waals surface area contributed by atoms with Crippen molar-refractivity contribution in [3.8, 4) is 17.6 Å². The molecule has 2 aromatic rings. The van der Waals surface area contributed by atoms with Crippen molar-refractivity contribution in [2.45, 2.75) is 18.6 Å². The highest BCUT2D eigenvalue weighted by atomic mass is 32.1. The minimum atomic E-state index is -0.940.